The van der Waals surface area contributed by atoms with Gasteiger partial charge in [0.2, 0.25) is 0 Å². The van der Waals surface area contributed by atoms with Crippen molar-refractivity contribution >= 4 is 16.6 Å². The number of hydrogen-bond acceptors (Lipinski definition) is 3. The van der Waals surface area contributed by atoms with Gasteiger partial charge in [0, 0.05) is 11.1 Å². The summed E-state index contributed by atoms with van der Waals surface area (Å²) in [7, 11) is 0. The maximum absolute atomic E-state index is 13.2. The largest absolute Gasteiger partial charge is 0.276 e. The number of para-hydroxylation sites is 2. The van der Waals surface area contributed by atoms with Gasteiger partial charge in [0.1, 0.15) is 5.82 Å². The van der Waals surface area contributed by atoms with Gasteiger partial charge in [0.15, 0.2) is 0 Å². The quantitative estimate of drug-likeness (QED) is 0.531. The van der Waals surface area contributed by atoms with Crippen LogP contribution in [0.4, 0.5) is 0 Å². The van der Waals surface area contributed by atoms with Gasteiger partial charge in [-0.05, 0) is 18.2 Å². The molecule has 4 aromatic rings. The lowest BCUT2D eigenvalue weighted by atomic mass is 10.0. The van der Waals surface area contributed by atoms with Crippen LogP contribution in [0, 0.1) is 0 Å². The molecule has 0 bridgehead atoms. The minimum atomic E-state index is -0.0532. The van der Waals surface area contributed by atoms with Gasteiger partial charge in [0.05, 0.1) is 28.8 Å². The number of rotatable bonds is 1. The van der Waals surface area contributed by atoms with E-state index in [2.05, 4.69) is 0 Å². The van der Waals surface area contributed by atoms with Crippen LogP contribution in [0.2, 0.25) is 0 Å². The van der Waals surface area contributed by atoms with Crippen LogP contribution in [0.3, 0.4) is 0 Å². The van der Waals surface area contributed by atoms with Gasteiger partial charge in [-0.15, -0.1) is 0 Å². The molecule has 4 heteroatoms. The van der Waals surface area contributed by atoms with E-state index in [-0.39, 0.29) is 5.56 Å². The van der Waals surface area contributed by atoms with Crippen LogP contribution in [0.25, 0.3) is 16.6 Å². The lowest BCUT2D eigenvalue weighted by Crippen LogP contribution is -2.24. The summed E-state index contributed by atoms with van der Waals surface area (Å²) in [6.45, 7) is 0.360. The van der Waals surface area contributed by atoms with Crippen LogP contribution in [0.5, 0.6) is 0 Å². The average molecular weight is 337 g/mol. The highest BCUT2D eigenvalue weighted by Crippen LogP contribution is 2.24. The van der Waals surface area contributed by atoms with Crippen LogP contribution in [0.1, 0.15) is 17.0 Å². The summed E-state index contributed by atoms with van der Waals surface area (Å²) in [4.78, 5) is 22.7. The number of fused-ring (bicyclic) bond motifs is 4. The highest BCUT2D eigenvalue weighted by molar-refractivity contribution is 6.15. The number of benzene rings is 3. The fourth-order valence-corrected chi connectivity index (χ4v) is 3.48. The summed E-state index contributed by atoms with van der Waals surface area (Å²) < 4.78 is 1.71. The summed E-state index contributed by atoms with van der Waals surface area (Å²) in [5, 5.41) is 0.620. The Morgan fingerprint density at radius 3 is 2.42 bits per heavy atom. The van der Waals surface area contributed by atoms with Gasteiger partial charge in [-0.3, -0.25) is 14.4 Å². The van der Waals surface area contributed by atoms with E-state index in [1.54, 1.807) is 4.57 Å². The summed E-state index contributed by atoms with van der Waals surface area (Å²) in [6.07, 6.45) is 0. The first-order valence-electron chi connectivity index (χ1n) is 8.53. The summed E-state index contributed by atoms with van der Waals surface area (Å²) in [5.41, 5.74) is 4.34. The topological polar surface area (TPSA) is 47.2 Å². The van der Waals surface area contributed by atoms with Crippen molar-refractivity contribution in [3.8, 4) is 5.69 Å². The van der Waals surface area contributed by atoms with Crippen LogP contribution < -0.4 is 5.56 Å². The van der Waals surface area contributed by atoms with E-state index in [0.29, 0.717) is 23.3 Å². The van der Waals surface area contributed by atoms with Crippen LogP contribution in [-0.4, -0.2) is 15.3 Å². The molecule has 0 N–H and O–H groups in total. The van der Waals surface area contributed by atoms with E-state index in [4.69, 9.17) is 9.98 Å². The molecule has 124 valence electrons. The number of nitrogens with zero attached hydrogens (tertiary/aromatic N) is 3. The predicted octanol–water partition coefficient (Wildman–Crippen LogP) is 3.74. The zero-order valence-electron chi connectivity index (χ0n) is 14.0. The van der Waals surface area contributed by atoms with Crippen molar-refractivity contribution in [3.63, 3.8) is 0 Å². The van der Waals surface area contributed by atoms with Crippen molar-refractivity contribution in [2.24, 2.45) is 4.99 Å². The predicted molar refractivity (Wildman–Crippen MR) is 103 cm³/mol. The van der Waals surface area contributed by atoms with Gasteiger partial charge in [0.25, 0.3) is 5.56 Å². The summed E-state index contributed by atoms with van der Waals surface area (Å²) in [6, 6.07) is 25.4. The van der Waals surface area contributed by atoms with E-state index in [0.717, 1.165) is 22.5 Å². The zero-order chi connectivity index (χ0) is 17.5. The first-order chi connectivity index (χ1) is 12.8. The van der Waals surface area contributed by atoms with Crippen LogP contribution in [0.15, 0.2) is 88.6 Å². The Morgan fingerprint density at radius 2 is 1.54 bits per heavy atom. The summed E-state index contributed by atoms with van der Waals surface area (Å²) >= 11 is 0. The Bertz CT molecular complexity index is 1220. The molecule has 0 aliphatic carbocycles. The van der Waals surface area contributed by atoms with E-state index in [9.17, 15) is 4.79 Å². The van der Waals surface area contributed by atoms with Crippen molar-refractivity contribution in [3.05, 3.63) is 106 Å². The SMILES string of the molecule is O=c1c2ccccc2nc2n1-c1ccccc1C(c1ccccc1)=NC2. The molecule has 1 aliphatic heterocycles. The fourth-order valence-electron chi connectivity index (χ4n) is 3.48. The molecule has 0 spiro atoms. The molecule has 1 aromatic heterocycles. The maximum atomic E-state index is 13.2. The second-order valence-corrected chi connectivity index (χ2v) is 6.23. The first-order valence-corrected chi connectivity index (χ1v) is 8.53. The van der Waals surface area contributed by atoms with Crippen molar-refractivity contribution in [1.29, 1.82) is 0 Å². The number of hydrogen-bond donors (Lipinski definition) is 0. The second-order valence-electron chi connectivity index (χ2n) is 6.23. The van der Waals surface area contributed by atoms with Crippen LogP contribution >= 0.6 is 0 Å². The number of aliphatic imine (C=N–C) groups is 1. The van der Waals surface area contributed by atoms with E-state index in [1.165, 1.54) is 0 Å². The molecule has 0 saturated carbocycles. The van der Waals surface area contributed by atoms with E-state index < -0.39 is 0 Å². The molecule has 0 unspecified atom stereocenters. The molecule has 26 heavy (non-hydrogen) atoms. The second kappa shape index (κ2) is 5.77. The molecule has 1 aliphatic rings. The van der Waals surface area contributed by atoms with Gasteiger partial charge < -0.3 is 0 Å². The molecule has 4 nitrogen and oxygen atoms in total. The molecule has 5 rings (SSSR count). The summed E-state index contributed by atoms with van der Waals surface area (Å²) in [5.74, 6) is 0.659. The molecule has 0 saturated heterocycles. The molecule has 2 heterocycles. The van der Waals surface area contributed by atoms with Crippen molar-refractivity contribution < 1.29 is 0 Å². The van der Waals surface area contributed by atoms with Crippen molar-refractivity contribution in [2.45, 2.75) is 6.54 Å². The molecule has 0 fully saturated rings. The van der Waals surface area contributed by atoms with Gasteiger partial charge in [-0.25, -0.2) is 4.98 Å². The molecule has 0 amide bonds. The Morgan fingerprint density at radius 1 is 0.808 bits per heavy atom. The highest BCUT2D eigenvalue weighted by atomic mass is 16.1. The minimum absolute atomic E-state index is 0.0532. The third kappa shape index (κ3) is 2.19. The average Bonchev–Trinajstić information content (AvgIpc) is 2.86. The molecular weight excluding hydrogens is 322 g/mol. The maximum Gasteiger partial charge on any atom is 0.266 e. The Kier molecular flexibility index (Phi) is 3.28. The molecular formula is C22H15N3O. The standard InChI is InChI=1S/C22H15N3O/c26-22-16-10-4-6-12-18(16)24-20-14-23-21(15-8-2-1-3-9-15)17-11-5-7-13-19(17)25(20)22/h1-13H,14H2. The zero-order valence-corrected chi connectivity index (χ0v) is 14.0. The molecule has 0 radical (unpaired) electrons. The first kappa shape index (κ1) is 14.8. The Balaban J connectivity index is 1.86. The Labute approximate surface area is 150 Å². The Hall–Kier alpha value is -3.53. The third-order valence-corrected chi connectivity index (χ3v) is 4.67. The fraction of sp³-hybridized carbons (Fsp3) is 0.0455. The minimum Gasteiger partial charge on any atom is -0.276 e. The highest BCUT2D eigenvalue weighted by Gasteiger charge is 2.21. The number of aromatic nitrogens is 2. The lowest BCUT2D eigenvalue weighted by Gasteiger charge is -2.13. The van der Waals surface area contributed by atoms with Crippen molar-refractivity contribution in [2.75, 3.05) is 0 Å². The van der Waals surface area contributed by atoms with E-state index >= 15 is 0 Å². The van der Waals surface area contributed by atoms with Gasteiger partial charge >= 0.3 is 0 Å². The monoisotopic (exact) mass is 337 g/mol. The van der Waals surface area contributed by atoms with E-state index in [1.807, 2.05) is 78.9 Å². The third-order valence-electron chi connectivity index (χ3n) is 4.67. The smallest absolute Gasteiger partial charge is 0.266 e. The molecule has 3 aromatic carbocycles. The van der Waals surface area contributed by atoms with Crippen molar-refractivity contribution in [1.82, 2.24) is 9.55 Å². The normalized spacial score (nSPS) is 12.8. The van der Waals surface area contributed by atoms with Crippen LogP contribution in [-0.2, 0) is 6.54 Å². The van der Waals surface area contributed by atoms with Gasteiger partial charge in [-0.1, -0.05) is 60.7 Å². The molecule has 0 atom stereocenters. The lowest BCUT2D eigenvalue weighted by molar-refractivity contribution is 0.826. The van der Waals surface area contributed by atoms with Gasteiger partial charge in [-0.2, -0.15) is 0 Å².